The van der Waals surface area contributed by atoms with E-state index in [4.69, 9.17) is 5.73 Å². The van der Waals surface area contributed by atoms with Gasteiger partial charge in [-0.15, -0.1) is 0 Å². The number of likely N-dealkylation sites (N-methyl/N-ethyl adjacent to an activating group) is 1. The number of aryl methyl sites for hydroxylation is 2. The standard InChI is InChI=1S/C16H24N4/c1-4-19-12-18-11-16(19)15(10-17)20(5-2)14-9-7-6-8-13(14)3/h6-9,11-12,15H,4-5,10,17H2,1-3H3. The summed E-state index contributed by atoms with van der Waals surface area (Å²) in [7, 11) is 0. The monoisotopic (exact) mass is 272 g/mol. The lowest BCUT2D eigenvalue weighted by Crippen LogP contribution is -2.35. The van der Waals surface area contributed by atoms with Crippen LogP contribution in [0.4, 0.5) is 5.69 Å². The van der Waals surface area contributed by atoms with Crippen LogP contribution < -0.4 is 10.6 Å². The zero-order valence-corrected chi connectivity index (χ0v) is 12.6. The van der Waals surface area contributed by atoms with E-state index in [2.05, 4.69) is 59.5 Å². The number of nitrogens with two attached hydrogens (primary N) is 1. The third kappa shape index (κ3) is 2.70. The number of hydrogen-bond acceptors (Lipinski definition) is 3. The Morgan fingerprint density at radius 3 is 2.65 bits per heavy atom. The molecular weight excluding hydrogens is 248 g/mol. The van der Waals surface area contributed by atoms with Crippen molar-refractivity contribution in [3.63, 3.8) is 0 Å². The molecule has 0 saturated carbocycles. The fourth-order valence-corrected chi connectivity index (χ4v) is 2.72. The highest BCUT2D eigenvalue weighted by molar-refractivity contribution is 5.54. The van der Waals surface area contributed by atoms with Gasteiger partial charge in [-0.3, -0.25) is 0 Å². The Labute approximate surface area is 121 Å². The van der Waals surface area contributed by atoms with Gasteiger partial charge in [-0.1, -0.05) is 18.2 Å². The van der Waals surface area contributed by atoms with Crippen molar-refractivity contribution >= 4 is 5.69 Å². The van der Waals surface area contributed by atoms with Crippen LogP contribution in [0.15, 0.2) is 36.8 Å². The van der Waals surface area contributed by atoms with E-state index < -0.39 is 0 Å². The Morgan fingerprint density at radius 2 is 2.05 bits per heavy atom. The van der Waals surface area contributed by atoms with Gasteiger partial charge < -0.3 is 15.2 Å². The Bertz CT molecular complexity index is 547. The molecular formula is C16H24N4. The van der Waals surface area contributed by atoms with Gasteiger partial charge >= 0.3 is 0 Å². The van der Waals surface area contributed by atoms with Crippen LogP contribution in [-0.4, -0.2) is 22.6 Å². The van der Waals surface area contributed by atoms with Gasteiger partial charge in [0.1, 0.15) is 0 Å². The average molecular weight is 272 g/mol. The zero-order valence-electron chi connectivity index (χ0n) is 12.6. The molecule has 1 unspecified atom stereocenters. The van der Waals surface area contributed by atoms with Gasteiger partial charge in [0.05, 0.1) is 24.3 Å². The number of aromatic nitrogens is 2. The number of rotatable bonds is 6. The van der Waals surface area contributed by atoms with Crippen LogP contribution in [-0.2, 0) is 6.54 Å². The van der Waals surface area contributed by atoms with Crippen LogP contribution in [0.2, 0.25) is 0 Å². The second-order valence-electron chi connectivity index (χ2n) is 4.93. The first-order chi connectivity index (χ1) is 9.72. The summed E-state index contributed by atoms with van der Waals surface area (Å²) < 4.78 is 2.17. The molecule has 2 N–H and O–H groups in total. The molecule has 4 nitrogen and oxygen atoms in total. The molecule has 0 spiro atoms. The van der Waals surface area contributed by atoms with E-state index in [0.29, 0.717) is 6.54 Å². The van der Waals surface area contributed by atoms with Crippen molar-refractivity contribution < 1.29 is 0 Å². The van der Waals surface area contributed by atoms with Crippen molar-refractivity contribution in [2.75, 3.05) is 18.0 Å². The number of benzene rings is 1. The smallest absolute Gasteiger partial charge is 0.0948 e. The molecule has 2 rings (SSSR count). The molecule has 2 aromatic rings. The van der Waals surface area contributed by atoms with E-state index >= 15 is 0 Å². The third-order valence-corrected chi connectivity index (χ3v) is 3.79. The van der Waals surface area contributed by atoms with Crippen LogP contribution in [0.3, 0.4) is 0 Å². The normalized spacial score (nSPS) is 12.4. The van der Waals surface area contributed by atoms with Crippen LogP contribution in [0.1, 0.15) is 31.1 Å². The first-order valence-electron chi connectivity index (χ1n) is 7.25. The van der Waals surface area contributed by atoms with E-state index in [9.17, 15) is 0 Å². The van der Waals surface area contributed by atoms with E-state index in [1.165, 1.54) is 16.9 Å². The van der Waals surface area contributed by atoms with Gasteiger partial charge in [-0.2, -0.15) is 0 Å². The largest absolute Gasteiger partial charge is 0.362 e. The summed E-state index contributed by atoms with van der Waals surface area (Å²) in [6.07, 6.45) is 3.81. The van der Waals surface area contributed by atoms with E-state index in [-0.39, 0.29) is 6.04 Å². The van der Waals surface area contributed by atoms with Gasteiger partial charge in [0.2, 0.25) is 0 Å². The maximum atomic E-state index is 6.07. The van der Waals surface area contributed by atoms with Gasteiger partial charge in [0, 0.05) is 25.3 Å². The highest BCUT2D eigenvalue weighted by Crippen LogP contribution is 2.28. The molecule has 0 fully saturated rings. The minimum atomic E-state index is 0.156. The molecule has 108 valence electrons. The first-order valence-corrected chi connectivity index (χ1v) is 7.25. The summed E-state index contributed by atoms with van der Waals surface area (Å²) >= 11 is 0. The maximum Gasteiger partial charge on any atom is 0.0948 e. The highest BCUT2D eigenvalue weighted by Gasteiger charge is 2.22. The fourth-order valence-electron chi connectivity index (χ4n) is 2.72. The molecule has 0 saturated heterocycles. The molecule has 1 heterocycles. The highest BCUT2D eigenvalue weighted by atomic mass is 15.2. The first kappa shape index (κ1) is 14.6. The Balaban J connectivity index is 2.41. The minimum absolute atomic E-state index is 0.156. The van der Waals surface area contributed by atoms with Crippen LogP contribution in [0.5, 0.6) is 0 Å². The molecule has 0 aliphatic carbocycles. The van der Waals surface area contributed by atoms with Crippen molar-refractivity contribution in [3.8, 4) is 0 Å². The summed E-state index contributed by atoms with van der Waals surface area (Å²) in [6.45, 7) is 8.85. The van der Waals surface area contributed by atoms with Gasteiger partial charge in [-0.05, 0) is 32.4 Å². The predicted octanol–water partition coefficient (Wildman–Crippen LogP) is 2.74. The summed E-state index contributed by atoms with van der Waals surface area (Å²) in [4.78, 5) is 6.63. The molecule has 0 radical (unpaired) electrons. The average Bonchev–Trinajstić information content (AvgIpc) is 2.94. The topological polar surface area (TPSA) is 47.1 Å². The molecule has 1 aromatic heterocycles. The predicted molar refractivity (Wildman–Crippen MR) is 83.9 cm³/mol. The Hall–Kier alpha value is -1.81. The van der Waals surface area contributed by atoms with Crippen molar-refractivity contribution in [1.29, 1.82) is 0 Å². The molecule has 0 bridgehead atoms. The second-order valence-corrected chi connectivity index (χ2v) is 4.93. The maximum absolute atomic E-state index is 6.07. The van der Waals surface area contributed by atoms with E-state index in [1.807, 2.05) is 12.5 Å². The minimum Gasteiger partial charge on any atom is -0.362 e. The second kappa shape index (κ2) is 6.57. The van der Waals surface area contributed by atoms with Crippen LogP contribution in [0.25, 0.3) is 0 Å². The van der Waals surface area contributed by atoms with Crippen molar-refractivity contribution in [3.05, 3.63) is 48.0 Å². The molecule has 0 aliphatic heterocycles. The van der Waals surface area contributed by atoms with Crippen molar-refractivity contribution in [2.24, 2.45) is 5.73 Å². The van der Waals surface area contributed by atoms with Crippen molar-refractivity contribution in [2.45, 2.75) is 33.4 Å². The van der Waals surface area contributed by atoms with Crippen molar-refractivity contribution in [1.82, 2.24) is 9.55 Å². The SMILES string of the molecule is CCN(c1ccccc1C)C(CN)c1cncn1CC. The number of imidazole rings is 1. The lowest BCUT2D eigenvalue weighted by molar-refractivity contribution is 0.580. The number of para-hydroxylation sites is 1. The van der Waals surface area contributed by atoms with Crippen LogP contribution >= 0.6 is 0 Å². The summed E-state index contributed by atoms with van der Waals surface area (Å²) in [5.41, 5.74) is 9.77. The number of nitrogens with zero attached hydrogens (tertiary/aromatic N) is 3. The molecule has 0 aliphatic rings. The molecule has 1 atom stereocenters. The van der Waals surface area contributed by atoms with E-state index in [0.717, 1.165) is 13.1 Å². The van der Waals surface area contributed by atoms with E-state index in [1.54, 1.807) is 0 Å². The molecule has 1 aromatic carbocycles. The van der Waals surface area contributed by atoms with Gasteiger partial charge in [0.15, 0.2) is 0 Å². The molecule has 20 heavy (non-hydrogen) atoms. The quantitative estimate of drug-likeness (QED) is 0.879. The number of hydrogen-bond donors (Lipinski definition) is 1. The third-order valence-electron chi connectivity index (χ3n) is 3.79. The zero-order chi connectivity index (χ0) is 14.5. The summed E-state index contributed by atoms with van der Waals surface area (Å²) in [6, 6.07) is 8.61. The summed E-state index contributed by atoms with van der Waals surface area (Å²) in [5.74, 6) is 0. The Morgan fingerprint density at radius 1 is 1.30 bits per heavy atom. The van der Waals surface area contributed by atoms with Gasteiger partial charge in [0.25, 0.3) is 0 Å². The summed E-state index contributed by atoms with van der Waals surface area (Å²) in [5, 5.41) is 0. The van der Waals surface area contributed by atoms with Gasteiger partial charge in [-0.25, -0.2) is 4.98 Å². The number of anilines is 1. The molecule has 0 amide bonds. The lowest BCUT2D eigenvalue weighted by Gasteiger charge is -2.33. The lowest BCUT2D eigenvalue weighted by atomic mass is 10.1. The fraction of sp³-hybridized carbons (Fsp3) is 0.438. The molecule has 4 heteroatoms. The van der Waals surface area contributed by atoms with Crippen LogP contribution in [0, 0.1) is 6.92 Å². The Kier molecular flexibility index (Phi) is 4.79.